The van der Waals surface area contributed by atoms with Crippen molar-refractivity contribution in [2.75, 3.05) is 23.3 Å². The van der Waals surface area contributed by atoms with Gasteiger partial charge in [-0.05, 0) is 70.2 Å². The van der Waals surface area contributed by atoms with Gasteiger partial charge in [-0.3, -0.25) is 4.79 Å². The quantitative estimate of drug-likeness (QED) is 0.320. The smallest absolute Gasteiger partial charge is 0.318 e. The molecule has 1 aromatic carbocycles. The van der Waals surface area contributed by atoms with Crippen LogP contribution in [0.15, 0.2) is 28.9 Å². The molecule has 0 saturated carbocycles. The Morgan fingerprint density at radius 1 is 1.14 bits per heavy atom. The number of aryl methyl sites for hydroxylation is 1. The molecule has 14 heteroatoms. The molecule has 1 N–H and O–H groups in total. The molecular formula is C28H31F2N9O3. The minimum atomic E-state index is -0.835. The summed E-state index contributed by atoms with van der Waals surface area (Å²) in [5.41, 5.74) is 3.05. The molecule has 0 amide bonds. The van der Waals surface area contributed by atoms with Crippen molar-refractivity contribution in [3.05, 3.63) is 58.7 Å². The number of halogens is 2. The second-order valence-corrected chi connectivity index (χ2v) is 11.8. The van der Waals surface area contributed by atoms with Crippen molar-refractivity contribution in [1.82, 2.24) is 35.2 Å². The molecule has 4 heterocycles. The Morgan fingerprint density at radius 3 is 2.57 bits per heavy atom. The monoisotopic (exact) mass is 579 g/mol. The lowest BCUT2D eigenvalue weighted by atomic mass is 9.98. The zero-order chi connectivity index (χ0) is 29.6. The molecule has 12 nitrogen and oxygen atoms in total. The third-order valence-corrected chi connectivity index (χ3v) is 7.51. The SMILES string of the molecule is Cc1nc(NC2Cc3cc(F)c(F)cc3C2)ncc1-c1nnc(N2CCC(c3cn(COC(=O)C(C)(C)C)nn3)C2)o1. The lowest BCUT2D eigenvalue weighted by Crippen LogP contribution is -2.24. The third kappa shape index (κ3) is 5.65. The predicted molar refractivity (Wildman–Crippen MR) is 146 cm³/mol. The summed E-state index contributed by atoms with van der Waals surface area (Å²) in [6.45, 7) is 8.55. The van der Waals surface area contributed by atoms with Crippen LogP contribution in [0.3, 0.4) is 0 Å². The van der Waals surface area contributed by atoms with Gasteiger partial charge in [-0.1, -0.05) is 10.3 Å². The summed E-state index contributed by atoms with van der Waals surface area (Å²) < 4.78 is 40.0. The fraction of sp³-hybridized carbons (Fsp3) is 0.464. The molecule has 2 aliphatic rings. The number of carbonyl (C=O) groups is 1. The fourth-order valence-corrected chi connectivity index (χ4v) is 5.18. The van der Waals surface area contributed by atoms with Crippen LogP contribution in [0.5, 0.6) is 0 Å². The number of aromatic nitrogens is 7. The zero-order valence-corrected chi connectivity index (χ0v) is 23.8. The van der Waals surface area contributed by atoms with Crippen molar-refractivity contribution in [3.8, 4) is 11.5 Å². The maximum atomic E-state index is 13.6. The Kier molecular flexibility index (Phi) is 7.07. The lowest BCUT2D eigenvalue weighted by Gasteiger charge is -2.16. The van der Waals surface area contributed by atoms with Gasteiger partial charge in [0.25, 0.3) is 5.89 Å². The van der Waals surface area contributed by atoms with Crippen LogP contribution in [0.2, 0.25) is 0 Å². The minimum Gasteiger partial charge on any atom is -0.442 e. The number of hydrogen-bond donors (Lipinski definition) is 1. The number of nitrogens with one attached hydrogen (secondary N) is 1. The number of ether oxygens (including phenoxy) is 1. The first-order chi connectivity index (χ1) is 20.0. The first-order valence-electron chi connectivity index (χ1n) is 13.8. The Bertz CT molecular complexity index is 1600. The third-order valence-electron chi connectivity index (χ3n) is 7.51. The van der Waals surface area contributed by atoms with Crippen molar-refractivity contribution in [3.63, 3.8) is 0 Å². The molecule has 0 bridgehead atoms. The molecule has 0 radical (unpaired) electrons. The molecule has 1 atom stereocenters. The van der Waals surface area contributed by atoms with Crippen LogP contribution in [-0.2, 0) is 29.1 Å². The van der Waals surface area contributed by atoms with Crippen LogP contribution in [0.4, 0.5) is 20.7 Å². The molecule has 1 fully saturated rings. The Labute approximate surface area is 240 Å². The Morgan fingerprint density at radius 2 is 1.88 bits per heavy atom. The number of anilines is 2. The van der Waals surface area contributed by atoms with Gasteiger partial charge in [0.1, 0.15) is 0 Å². The average molecular weight is 580 g/mol. The minimum absolute atomic E-state index is 0.0105. The van der Waals surface area contributed by atoms with Crippen molar-refractivity contribution in [2.24, 2.45) is 5.41 Å². The first-order valence-corrected chi connectivity index (χ1v) is 13.8. The molecule has 1 aliphatic heterocycles. The van der Waals surface area contributed by atoms with Crippen molar-refractivity contribution < 1.29 is 22.7 Å². The van der Waals surface area contributed by atoms with Gasteiger partial charge in [-0.15, -0.1) is 10.2 Å². The van der Waals surface area contributed by atoms with Crippen LogP contribution in [0, 0.1) is 24.0 Å². The molecule has 220 valence electrons. The number of nitrogens with zero attached hydrogens (tertiary/aromatic N) is 8. The van der Waals surface area contributed by atoms with Crippen LogP contribution in [0.25, 0.3) is 11.5 Å². The van der Waals surface area contributed by atoms with Gasteiger partial charge in [0, 0.05) is 31.2 Å². The number of rotatable bonds is 7. The van der Waals surface area contributed by atoms with Gasteiger partial charge >= 0.3 is 12.0 Å². The molecule has 1 unspecified atom stereocenters. The van der Waals surface area contributed by atoms with Gasteiger partial charge in [-0.25, -0.2) is 23.4 Å². The Balaban J connectivity index is 1.06. The molecule has 42 heavy (non-hydrogen) atoms. The topological polar surface area (TPSA) is 137 Å². The summed E-state index contributed by atoms with van der Waals surface area (Å²) >= 11 is 0. The lowest BCUT2D eigenvalue weighted by molar-refractivity contribution is -0.157. The number of esters is 1. The van der Waals surface area contributed by atoms with Crippen LogP contribution in [-0.4, -0.2) is 60.3 Å². The highest BCUT2D eigenvalue weighted by molar-refractivity contribution is 5.75. The van der Waals surface area contributed by atoms with Crippen LogP contribution >= 0.6 is 0 Å². The van der Waals surface area contributed by atoms with Gasteiger partial charge in [0.05, 0.1) is 28.6 Å². The van der Waals surface area contributed by atoms with E-state index in [1.54, 1.807) is 33.2 Å². The van der Waals surface area contributed by atoms with E-state index >= 15 is 0 Å². The predicted octanol–water partition coefficient (Wildman–Crippen LogP) is 3.82. The van der Waals surface area contributed by atoms with Crippen molar-refractivity contribution in [1.29, 1.82) is 0 Å². The Hall–Kier alpha value is -4.49. The van der Waals surface area contributed by atoms with E-state index in [-0.39, 0.29) is 24.7 Å². The molecule has 1 saturated heterocycles. The highest BCUT2D eigenvalue weighted by Gasteiger charge is 2.30. The van der Waals surface area contributed by atoms with Crippen molar-refractivity contribution in [2.45, 2.75) is 65.6 Å². The van der Waals surface area contributed by atoms with E-state index in [2.05, 4.69) is 35.8 Å². The molecule has 3 aromatic heterocycles. The molecule has 6 rings (SSSR count). The summed E-state index contributed by atoms with van der Waals surface area (Å²) in [6.07, 6.45) is 5.36. The first kappa shape index (κ1) is 27.7. The van der Waals surface area contributed by atoms with Gasteiger partial charge in [-0.2, -0.15) is 0 Å². The van der Waals surface area contributed by atoms with Crippen LogP contribution < -0.4 is 10.2 Å². The second-order valence-electron chi connectivity index (χ2n) is 11.8. The highest BCUT2D eigenvalue weighted by Crippen LogP contribution is 2.32. The molecular weight excluding hydrogens is 548 g/mol. The standard InChI is InChI=1S/C28H31F2N9O3/c1-15-20(11-31-26(32-15)33-19-7-17-9-21(29)22(30)10-18(17)8-19)24-35-36-27(42-24)38-6-5-16(12-38)23-13-39(37-34-23)14-41-25(40)28(2,3)4/h9-11,13,16,19H,5-8,12,14H2,1-4H3,(H,31,32,33). The van der Waals surface area contributed by atoms with E-state index in [0.29, 0.717) is 55.0 Å². The van der Waals surface area contributed by atoms with Gasteiger partial charge in [0.2, 0.25) is 5.95 Å². The van der Waals surface area contributed by atoms with Gasteiger partial charge in [0.15, 0.2) is 18.4 Å². The maximum Gasteiger partial charge on any atom is 0.318 e. The fourth-order valence-electron chi connectivity index (χ4n) is 5.18. The number of hydrogen-bond acceptors (Lipinski definition) is 11. The molecule has 4 aromatic rings. The normalized spacial score (nSPS) is 17.1. The number of carbonyl (C=O) groups excluding carboxylic acids is 1. The summed E-state index contributed by atoms with van der Waals surface area (Å²) in [6, 6.07) is 2.84. The average Bonchev–Trinajstić information content (AvgIpc) is 3.73. The van der Waals surface area contributed by atoms with E-state index in [9.17, 15) is 13.6 Å². The van der Waals surface area contributed by atoms with E-state index < -0.39 is 17.0 Å². The van der Waals surface area contributed by atoms with Gasteiger partial charge < -0.3 is 19.4 Å². The summed E-state index contributed by atoms with van der Waals surface area (Å²) in [7, 11) is 0. The second kappa shape index (κ2) is 10.7. The summed E-state index contributed by atoms with van der Waals surface area (Å²) in [5.74, 6) is -1.14. The summed E-state index contributed by atoms with van der Waals surface area (Å²) in [5, 5.41) is 20.1. The number of fused-ring (bicyclic) bond motifs is 1. The zero-order valence-electron chi connectivity index (χ0n) is 23.8. The van der Waals surface area contributed by atoms with E-state index in [1.807, 2.05) is 11.8 Å². The van der Waals surface area contributed by atoms with Crippen molar-refractivity contribution >= 4 is 17.9 Å². The van der Waals surface area contributed by atoms with E-state index in [1.165, 1.54) is 16.8 Å². The largest absolute Gasteiger partial charge is 0.442 e. The number of benzene rings is 1. The van der Waals surface area contributed by atoms with E-state index in [4.69, 9.17) is 9.15 Å². The highest BCUT2D eigenvalue weighted by atomic mass is 19.2. The molecule has 0 spiro atoms. The van der Waals surface area contributed by atoms with Crippen LogP contribution in [0.1, 0.15) is 55.6 Å². The maximum absolute atomic E-state index is 13.6. The van der Waals surface area contributed by atoms with E-state index in [0.717, 1.165) is 23.2 Å². The molecule has 1 aliphatic carbocycles. The summed E-state index contributed by atoms with van der Waals surface area (Å²) in [4.78, 5) is 23.0.